The zero-order chi connectivity index (χ0) is 22.7. The van der Waals surface area contributed by atoms with E-state index in [1.807, 2.05) is 6.07 Å². The third-order valence-corrected chi connectivity index (χ3v) is 5.02. The number of hydrazine groups is 1. The Kier molecular flexibility index (Phi) is 6.09. The third-order valence-electron chi connectivity index (χ3n) is 4.74. The van der Waals surface area contributed by atoms with Gasteiger partial charge in [-0.25, -0.2) is 9.40 Å². The molecule has 4 rings (SSSR count). The molecule has 1 heterocycles. The lowest BCUT2D eigenvalue weighted by Gasteiger charge is -2.14. The topological polar surface area (TPSA) is 67.9 Å². The fraction of sp³-hybridized carbons (Fsp3) is 0.0833. The van der Waals surface area contributed by atoms with Crippen molar-refractivity contribution in [3.63, 3.8) is 0 Å². The first-order valence-corrected chi connectivity index (χ1v) is 10.0. The molecule has 1 saturated heterocycles. The van der Waals surface area contributed by atoms with Crippen molar-refractivity contribution >= 4 is 35.2 Å². The maximum Gasteiger partial charge on any atom is 0.282 e. The molecule has 0 bridgehead atoms. The number of benzene rings is 3. The van der Waals surface area contributed by atoms with Crippen LogP contribution in [0, 0.1) is 5.82 Å². The molecule has 32 heavy (non-hydrogen) atoms. The van der Waals surface area contributed by atoms with Crippen LogP contribution in [0.3, 0.4) is 0 Å². The summed E-state index contributed by atoms with van der Waals surface area (Å²) < 4.78 is 24.5. The Morgan fingerprint density at radius 1 is 1.06 bits per heavy atom. The predicted octanol–water partition coefficient (Wildman–Crippen LogP) is 4.53. The Bertz CT molecular complexity index is 1210. The van der Waals surface area contributed by atoms with Gasteiger partial charge in [0, 0.05) is 0 Å². The SMILES string of the molecule is COc1cc(C=C2C(=O)NN(c3ccccc3)C2=O)cc(Cl)c1OCc1cccc(F)c1. The van der Waals surface area contributed by atoms with Gasteiger partial charge < -0.3 is 9.47 Å². The van der Waals surface area contributed by atoms with Crippen LogP contribution in [0.4, 0.5) is 10.1 Å². The third kappa shape index (κ3) is 4.43. The largest absolute Gasteiger partial charge is 0.493 e. The minimum atomic E-state index is -0.527. The van der Waals surface area contributed by atoms with E-state index in [-0.39, 0.29) is 28.8 Å². The molecule has 2 amide bonds. The van der Waals surface area contributed by atoms with Crippen LogP contribution in [0.15, 0.2) is 72.3 Å². The van der Waals surface area contributed by atoms with E-state index in [2.05, 4.69) is 5.43 Å². The van der Waals surface area contributed by atoms with Gasteiger partial charge in [0.15, 0.2) is 11.5 Å². The predicted molar refractivity (Wildman–Crippen MR) is 119 cm³/mol. The lowest BCUT2D eigenvalue weighted by atomic mass is 10.1. The number of nitrogens with one attached hydrogen (secondary N) is 1. The highest BCUT2D eigenvalue weighted by molar-refractivity contribution is 6.33. The number of nitrogens with zero attached hydrogens (tertiary/aromatic N) is 1. The molecule has 1 aliphatic heterocycles. The van der Waals surface area contributed by atoms with Crippen LogP contribution < -0.4 is 19.9 Å². The molecule has 0 unspecified atom stereocenters. The molecular formula is C24H18ClFN2O4. The van der Waals surface area contributed by atoms with E-state index in [4.69, 9.17) is 21.1 Å². The Morgan fingerprint density at radius 2 is 1.84 bits per heavy atom. The second kappa shape index (κ2) is 9.11. The fourth-order valence-corrected chi connectivity index (χ4v) is 3.50. The van der Waals surface area contributed by atoms with Crippen LogP contribution in [0.1, 0.15) is 11.1 Å². The average molecular weight is 453 g/mol. The van der Waals surface area contributed by atoms with Gasteiger partial charge in [0.1, 0.15) is 18.0 Å². The van der Waals surface area contributed by atoms with E-state index in [0.717, 1.165) is 0 Å². The van der Waals surface area contributed by atoms with Gasteiger partial charge in [-0.15, -0.1) is 0 Å². The van der Waals surface area contributed by atoms with Gasteiger partial charge in [-0.1, -0.05) is 41.9 Å². The molecule has 1 fully saturated rings. The number of carbonyl (C=O) groups excluding carboxylic acids is 2. The molecule has 0 aromatic heterocycles. The summed E-state index contributed by atoms with van der Waals surface area (Å²) in [6, 6.07) is 18.0. The Hall–Kier alpha value is -3.84. The van der Waals surface area contributed by atoms with Gasteiger partial charge in [-0.05, 0) is 53.6 Å². The first-order valence-electron chi connectivity index (χ1n) is 9.63. The minimum Gasteiger partial charge on any atom is -0.493 e. The molecular weight excluding hydrogens is 435 g/mol. The molecule has 1 N–H and O–H groups in total. The van der Waals surface area contributed by atoms with Crippen molar-refractivity contribution in [1.29, 1.82) is 0 Å². The number of hydrogen-bond donors (Lipinski definition) is 1. The summed E-state index contributed by atoms with van der Waals surface area (Å²) in [6.45, 7) is 0.0845. The van der Waals surface area contributed by atoms with E-state index in [0.29, 0.717) is 22.6 Å². The molecule has 0 spiro atoms. The van der Waals surface area contributed by atoms with Crippen molar-refractivity contribution in [3.05, 3.63) is 94.3 Å². The number of anilines is 1. The summed E-state index contributed by atoms with van der Waals surface area (Å²) in [5.74, 6) is -0.793. The lowest BCUT2D eigenvalue weighted by molar-refractivity contribution is -0.117. The van der Waals surface area contributed by atoms with Crippen LogP contribution in [0.25, 0.3) is 6.08 Å². The van der Waals surface area contributed by atoms with E-state index < -0.39 is 11.8 Å². The first-order chi connectivity index (χ1) is 15.5. The highest BCUT2D eigenvalue weighted by Gasteiger charge is 2.34. The molecule has 0 atom stereocenters. The molecule has 0 saturated carbocycles. The van der Waals surface area contributed by atoms with Crippen molar-refractivity contribution < 1.29 is 23.5 Å². The van der Waals surface area contributed by atoms with Crippen molar-refractivity contribution in [2.75, 3.05) is 12.1 Å². The normalized spacial score (nSPS) is 14.6. The number of halogens is 2. The summed E-state index contributed by atoms with van der Waals surface area (Å²) in [5, 5.41) is 1.40. The number of para-hydroxylation sites is 1. The molecule has 3 aromatic carbocycles. The van der Waals surface area contributed by atoms with Crippen molar-refractivity contribution in [3.8, 4) is 11.5 Å². The van der Waals surface area contributed by atoms with Crippen molar-refractivity contribution in [1.82, 2.24) is 5.43 Å². The van der Waals surface area contributed by atoms with Crippen LogP contribution in [-0.2, 0) is 16.2 Å². The summed E-state index contributed by atoms with van der Waals surface area (Å²) in [5.41, 5.74) is 4.16. The maximum absolute atomic E-state index is 13.4. The first kappa shape index (κ1) is 21.4. The minimum absolute atomic E-state index is 0.0413. The number of amides is 2. The van der Waals surface area contributed by atoms with Gasteiger partial charge >= 0.3 is 0 Å². The second-order valence-electron chi connectivity index (χ2n) is 6.93. The summed E-state index contributed by atoms with van der Waals surface area (Å²) in [7, 11) is 1.45. The molecule has 1 aliphatic rings. The number of carbonyl (C=O) groups is 2. The zero-order valence-electron chi connectivity index (χ0n) is 17.0. The van der Waals surface area contributed by atoms with Gasteiger partial charge in [0.2, 0.25) is 0 Å². The van der Waals surface area contributed by atoms with Crippen molar-refractivity contribution in [2.24, 2.45) is 0 Å². The monoisotopic (exact) mass is 452 g/mol. The van der Waals surface area contributed by atoms with E-state index in [1.165, 1.54) is 30.3 Å². The van der Waals surface area contributed by atoms with Crippen molar-refractivity contribution in [2.45, 2.75) is 6.61 Å². The highest BCUT2D eigenvalue weighted by Crippen LogP contribution is 2.38. The molecule has 0 radical (unpaired) electrons. The Labute approximate surface area is 188 Å². The molecule has 6 nitrogen and oxygen atoms in total. The average Bonchev–Trinajstić information content (AvgIpc) is 3.07. The van der Waals surface area contributed by atoms with Crippen LogP contribution in [-0.4, -0.2) is 18.9 Å². The van der Waals surface area contributed by atoms with E-state index >= 15 is 0 Å². The van der Waals surface area contributed by atoms with Crippen LogP contribution >= 0.6 is 11.6 Å². The summed E-state index contributed by atoms with van der Waals surface area (Å²) in [6.07, 6.45) is 1.44. The summed E-state index contributed by atoms with van der Waals surface area (Å²) in [4.78, 5) is 25.2. The molecule has 0 aliphatic carbocycles. The Morgan fingerprint density at radius 3 is 2.56 bits per heavy atom. The Balaban J connectivity index is 1.59. The standard InChI is InChI=1S/C24H18ClFN2O4/c1-31-21-13-16(12-20(25)22(21)32-14-15-6-5-7-17(26)10-15)11-19-23(29)27-28(24(19)30)18-8-3-2-4-9-18/h2-13H,14H2,1H3,(H,27,29). The van der Waals surface area contributed by atoms with E-state index in [9.17, 15) is 14.0 Å². The van der Waals surface area contributed by atoms with E-state index in [1.54, 1.807) is 48.5 Å². The highest BCUT2D eigenvalue weighted by atomic mass is 35.5. The molecule has 162 valence electrons. The van der Waals surface area contributed by atoms with Gasteiger partial charge in [-0.2, -0.15) is 0 Å². The van der Waals surface area contributed by atoms with Crippen LogP contribution in [0.2, 0.25) is 5.02 Å². The van der Waals surface area contributed by atoms with Gasteiger partial charge in [0.25, 0.3) is 11.8 Å². The number of hydrogen-bond acceptors (Lipinski definition) is 4. The number of ether oxygens (including phenoxy) is 2. The fourth-order valence-electron chi connectivity index (χ4n) is 3.23. The van der Waals surface area contributed by atoms with Gasteiger partial charge in [0.05, 0.1) is 17.8 Å². The van der Waals surface area contributed by atoms with Gasteiger partial charge in [-0.3, -0.25) is 15.0 Å². The number of methoxy groups -OCH3 is 1. The number of rotatable bonds is 6. The van der Waals surface area contributed by atoms with Crippen LogP contribution in [0.5, 0.6) is 11.5 Å². The second-order valence-corrected chi connectivity index (χ2v) is 7.33. The smallest absolute Gasteiger partial charge is 0.282 e. The molecule has 3 aromatic rings. The lowest BCUT2D eigenvalue weighted by Crippen LogP contribution is -2.35. The quantitative estimate of drug-likeness (QED) is 0.441. The molecule has 8 heteroatoms. The summed E-state index contributed by atoms with van der Waals surface area (Å²) >= 11 is 6.39. The zero-order valence-corrected chi connectivity index (χ0v) is 17.7. The maximum atomic E-state index is 13.4.